The summed E-state index contributed by atoms with van der Waals surface area (Å²) in [7, 11) is 7.17. The monoisotopic (exact) mass is 292 g/mol. The highest BCUT2D eigenvalue weighted by Crippen LogP contribution is 2.24. The number of methoxy groups -OCH3 is 2. The van der Waals surface area contributed by atoms with Crippen molar-refractivity contribution in [3.05, 3.63) is 23.8 Å². The minimum Gasteiger partial charge on any atom is -0.497 e. The Kier molecular flexibility index (Phi) is 5.07. The summed E-state index contributed by atoms with van der Waals surface area (Å²) in [6.45, 7) is 2.06. The first-order valence-corrected chi connectivity index (χ1v) is 7.24. The number of hydrogen-bond acceptors (Lipinski definition) is 4. The first kappa shape index (κ1) is 15.6. The van der Waals surface area contributed by atoms with Gasteiger partial charge in [-0.15, -0.1) is 0 Å². The number of rotatable bonds is 4. The van der Waals surface area contributed by atoms with Crippen LogP contribution in [-0.2, 0) is 0 Å². The van der Waals surface area contributed by atoms with Crippen LogP contribution in [0, 0.1) is 0 Å². The zero-order valence-electron chi connectivity index (χ0n) is 13.3. The van der Waals surface area contributed by atoms with Crippen molar-refractivity contribution >= 4 is 5.91 Å². The van der Waals surface area contributed by atoms with Crippen molar-refractivity contribution in [1.82, 2.24) is 9.80 Å². The summed E-state index contributed by atoms with van der Waals surface area (Å²) in [4.78, 5) is 16.8. The fourth-order valence-electron chi connectivity index (χ4n) is 2.68. The molecule has 1 heterocycles. The highest BCUT2D eigenvalue weighted by molar-refractivity contribution is 5.95. The number of carbonyl (C=O) groups is 1. The van der Waals surface area contributed by atoms with Crippen molar-refractivity contribution in [2.24, 2.45) is 0 Å². The zero-order valence-corrected chi connectivity index (χ0v) is 13.3. The summed E-state index contributed by atoms with van der Waals surface area (Å²) in [6.07, 6.45) is 2.03. The van der Waals surface area contributed by atoms with Gasteiger partial charge in [0.05, 0.1) is 14.2 Å². The molecule has 0 N–H and O–H groups in total. The normalized spacial score (nSPS) is 16.6. The Morgan fingerprint density at radius 1 is 1.14 bits per heavy atom. The van der Waals surface area contributed by atoms with Gasteiger partial charge in [-0.2, -0.15) is 0 Å². The number of likely N-dealkylation sites (tertiary alicyclic amines) is 1. The third kappa shape index (κ3) is 3.67. The second kappa shape index (κ2) is 6.80. The molecule has 1 amide bonds. The molecule has 0 radical (unpaired) electrons. The predicted molar refractivity (Wildman–Crippen MR) is 82.2 cm³/mol. The van der Waals surface area contributed by atoms with Crippen LogP contribution in [-0.4, -0.2) is 63.2 Å². The van der Waals surface area contributed by atoms with Crippen LogP contribution < -0.4 is 9.47 Å². The summed E-state index contributed by atoms with van der Waals surface area (Å²) in [6, 6.07) is 5.59. The maximum absolute atomic E-state index is 12.7. The molecule has 0 unspecified atom stereocenters. The Hall–Kier alpha value is -1.75. The van der Waals surface area contributed by atoms with Gasteiger partial charge in [-0.1, -0.05) is 0 Å². The van der Waals surface area contributed by atoms with Crippen molar-refractivity contribution in [1.29, 1.82) is 0 Å². The second-order valence-electron chi connectivity index (χ2n) is 5.55. The molecule has 1 aromatic carbocycles. The molecule has 1 aliphatic heterocycles. The standard InChI is InChI=1S/C16H24N2O3/c1-17-7-5-13(6-8-17)18(2)16(19)12-9-14(20-3)11-15(10-12)21-4/h9-11,13H,5-8H2,1-4H3. The van der Waals surface area contributed by atoms with Crippen molar-refractivity contribution in [3.8, 4) is 11.5 Å². The highest BCUT2D eigenvalue weighted by Gasteiger charge is 2.25. The molecule has 1 aromatic rings. The lowest BCUT2D eigenvalue weighted by Gasteiger charge is -2.35. The third-order valence-electron chi connectivity index (χ3n) is 4.15. The Morgan fingerprint density at radius 2 is 1.67 bits per heavy atom. The van der Waals surface area contributed by atoms with Crippen molar-refractivity contribution < 1.29 is 14.3 Å². The lowest BCUT2D eigenvalue weighted by atomic mass is 10.0. The summed E-state index contributed by atoms with van der Waals surface area (Å²) in [5, 5.41) is 0. The molecule has 0 aliphatic carbocycles. The lowest BCUT2D eigenvalue weighted by Crippen LogP contribution is -2.44. The Balaban J connectivity index is 2.15. The molecule has 0 saturated carbocycles. The molecule has 5 heteroatoms. The van der Waals surface area contributed by atoms with E-state index >= 15 is 0 Å². The van der Waals surface area contributed by atoms with Gasteiger partial charge >= 0.3 is 0 Å². The Bertz CT molecular complexity index is 474. The topological polar surface area (TPSA) is 42.0 Å². The van der Waals surface area contributed by atoms with Gasteiger partial charge in [0, 0.05) is 24.7 Å². The third-order valence-corrected chi connectivity index (χ3v) is 4.15. The van der Waals surface area contributed by atoms with E-state index in [1.54, 1.807) is 32.4 Å². The maximum atomic E-state index is 12.7. The van der Waals surface area contributed by atoms with Crippen molar-refractivity contribution in [2.45, 2.75) is 18.9 Å². The number of amides is 1. The van der Waals surface area contributed by atoms with E-state index in [9.17, 15) is 4.79 Å². The number of piperidine rings is 1. The van der Waals surface area contributed by atoms with Crippen LogP contribution in [0.5, 0.6) is 11.5 Å². The summed E-state index contributed by atoms with van der Waals surface area (Å²) >= 11 is 0. The van der Waals surface area contributed by atoms with Gasteiger partial charge in [0.15, 0.2) is 0 Å². The molecule has 1 saturated heterocycles. The van der Waals surface area contributed by atoms with Gasteiger partial charge in [-0.25, -0.2) is 0 Å². The molecule has 0 bridgehead atoms. The summed E-state index contributed by atoms with van der Waals surface area (Å²) in [5.41, 5.74) is 0.604. The van der Waals surface area contributed by atoms with Crippen molar-refractivity contribution in [3.63, 3.8) is 0 Å². The van der Waals surface area contributed by atoms with Crippen LogP contribution in [0.25, 0.3) is 0 Å². The quantitative estimate of drug-likeness (QED) is 0.849. The fourth-order valence-corrected chi connectivity index (χ4v) is 2.68. The number of hydrogen-bond donors (Lipinski definition) is 0. The summed E-state index contributed by atoms with van der Waals surface area (Å²) < 4.78 is 10.5. The van der Waals surface area contributed by atoms with E-state index in [1.807, 2.05) is 11.9 Å². The molecular formula is C16H24N2O3. The van der Waals surface area contributed by atoms with Gasteiger partial charge in [0.2, 0.25) is 0 Å². The minimum absolute atomic E-state index is 0.0155. The summed E-state index contributed by atoms with van der Waals surface area (Å²) in [5.74, 6) is 1.28. The lowest BCUT2D eigenvalue weighted by molar-refractivity contribution is 0.0659. The molecule has 2 rings (SSSR count). The molecule has 0 spiro atoms. The number of carbonyl (C=O) groups excluding carboxylic acids is 1. The molecule has 1 aliphatic rings. The number of nitrogens with zero attached hydrogens (tertiary/aromatic N) is 2. The van der Waals surface area contributed by atoms with Crippen LogP contribution in [0.4, 0.5) is 0 Å². The van der Waals surface area contributed by atoms with Gasteiger partial charge in [-0.3, -0.25) is 4.79 Å². The van der Waals surface area contributed by atoms with Gasteiger partial charge in [-0.05, 0) is 45.1 Å². The first-order chi connectivity index (χ1) is 10.0. The predicted octanol–water partition coefficient (Wildman–Crippen LogP) is 1.87. The van der Waals surface area contributed by atoms with Crippen molar-refractivity contribution in [2.75, 3.05) is 41.4 Å². The number of benzene rings is 1. The maximum Gasteiger partial charge on any atom is 0.254 e. The van der Waals surface area contributed by atoms with E-state index in [-0.39, 0.29) is 5.91 Å². The van der Waals surface area contributed by atoms with Gasteiger partial charge in [0.1, 0.15) is 11.5 Å². The van der Waals surface area contributed by atoms with Crippen LogP contribution in [0.2, 0.25) is 0 Å². The first-order valence-electron chi connectivity index (χ1n) is 7.24. The van der Waals surface area contributed by atoms with E-state index in [2.05, 4.69) is 11.9 Å². The van der Waals surface area contributed by atoms with E-state index in [0.717, 1.165) is 25.9 Å². The molecule has 0 atom stereocenters. The van der Waals surface area contributed by atoms with E-state index in [0.29, 0.717) is 23.1 Å². The van der Waals surface area contributed by atoms with E-state index in [4.69, 9.17) is 9.47 Å². The largest absolute Gasteiger partial charge is 0.497 e. The Morgan fingerprint density at radius 3 is 2.14 bits per heavy atom. The molecule has 0 aromatic heterocycles. The van der Waals surface area contributed by atoms with E-state index in [1.165, 1.54) is 0 Å². The van der Waals surface area contributed by atoms with Gasteiger partial charge in [0.25, 0.3) is 5.91 Å². The molecule has 5 nitrogen and oxygen atoms in total. The van der Waals surface area contributed by atoms with Crippen LogP contribution >= 0.6 is 0 Å². The van der Waals surface area contributed by atoms with E-state index < -0.39 is 0 Å². The molecule has 21 heavy (non-hydrogen) atoms. The fraction of sp³-hybridized carbons (Fsp3) is 0.562. The average molecular weight is 292 g/mol. The van der Waals surface area contributed by atoms with Crippen LogP contribution in [0.1, 0.15) is 23.2 Å². The van der Waals surface area contributed by atoms with Crippen LogP contribution in [0.15, 0.2) is 18.2 Å². The minimum atomic E-state index is 0.0155. The number of ether oxygens (including phenoxy) is 2. The highest BCUT2D eigenvalue weighted by atomic mass is 16.5. The molecule has 116 valence electrons. The SMILES string of the molecule is COc1cc(OC)cc(C(=O)N(C)C2CCN(C)CC2)c1. The van der Waals surface area contributed by atoms with Crippen LogP contribution in [0.3, 0.4) is 0 Å². The zero-order chi connectivity index (χ0) is 15.4. The smallest absolute Gasteiger partial charge is 0.254 e. The Labute approximate surface area is 126 Å². The molecule has 1 fully saturated rings. The molecular weight excluding hydrogens is 268 g/mol. The average Bonchev–Trinajstić information content (AvgIpc) is 2.53. The van der Waals surface area contributed by atoms with Gasteiger partial charge < -0.3 is 19.3 Å². The second-order valence-corrected chi connectivity index (χ2v) is 5.55.